The number of rotatable bonds is 3. The summed E-state index contributed by atoms with van der Waals surface area (Å²) in [6, 6.07) is 4.92. The molecule has 0 N–H and O–H groups in total. The second-order valence-corrected chi connectivity index (χ2v) is 8.79. The topological polar surface area (TPSA) is 75.9 Å². The molecule has 0 aliphatic carbocycles. The Morgan fingerprint density at radius 2 is 2.06 bits per heavy atom. The Labute approximate surface area is 180 Å². The zero-order chi connectivity index (χ0) is 22.2. The van der Waals surface area contributed by atoms with Crippen LogP contribution in [0, 0.1) is 5.82 Å². The summed E-state index contributed by atoms with van der Waals surface area (Å²) < 4.78 is 20.9. The third-order valence-corrected chi connectivity index (χ3v) is 5.30. The van der Waals surface area contributed by atoms with Crippen molar-refractivity contribution in [1.82, 2.24) is 24.3 Å². The normalized spacial score (nSPS) is 17.1. The summed E-state index contributed by atoms with van der Waals surface area (Å²) in [5, 5.41) is 0. The molecule has 0 saturated carbocycles. The number of halogens is 1. The molecule has 3 aromatic heterocycles. The first-order valence-electron chi connectivity index (χ1n) is 10.4. The molecule has 3 aromatic rings. The van der Waals surface area contributed by atoms with Crippen molar-refractivity contribution < 1.29 is 13.9 Å². The monoisotopic (exact) mass is 426 g/mol. The molecule has 1 aliphatic rings. The summed E-state index contributed by atoms with van der Waals surface area (Å²) in [6.45, 7) is 6.85. The first-order chi connectivity index (χ1) is 14.7. The van der Waals surface area contributed by atoms with Gasteiger partial charge in [-0.15, -0.1) is 0 Å². The third-order valence-electron chi connectivity index (χ3n) is 5.30. The van der Waals surface area contributed by atoms with Crippen molar-refractivity contribution in [2.75, 3.05) is 25.0 Å². The van der Waals surface area contributed by atoms with E-state index in [0.717, 1.165) is 18.7 Å². The van der Waals surface area contributed by atoms with Gasteiger partial charge in [-0.3, -0.25) is 4.40 Å². The zero-order valence-electron chi connectivity index (χ0n) is 18.2. The molecule has 1 amide bonds. The number of likely N-dealkylation sites (tertiary alicyclic amines) is 1. The van der Waals surface area contributed by atoms with Gasteiger partial charge in [0.1, 0.15) is 28.6 Å². The number of carbonyl (C=O) groups excluding carboxylic acids is 1. The summed E-state index contributed by atoms with van der Waals surface area (Å²) in [5.74, 6) is 0.833. The van der Waals surface area contributed by atoms with E-state index in [1.54, 1.807) is 27.8 Å². The molecule has 0 radical (unpaired) electrons. The van der Waals surface area contributed by atoms with Crippen molar-refractivity contribution >= 4 is 17.6 Å². The molecule has 0 spiro atoms. The number of anilines is 1. The average molecular weight is 426 g/mol. The number of imidazole rings is 1. The average Bonchev–Trinajstić information content (AvgIpc) is 3.15. The van der Waals surface area contributed by atoms with Gasteiger partial charge in [0.2, 0.25) is 0 Å². The van der Waals surface area contributed by atoms with Crippen molar-refractivity contribution in [3.63, 3.8) is 0 Å². The summed E-state index contributed by atoms with van der Waals surface area (Å²) in [4.78, 5) is 29.7. The Balaban J connectivity index is 1.54. The van der Waals surface area contributed by atoms with E-state index < -0.39 is 5.60 Å². The predicted molar refractivity (Wildman–Crippen MR) is 115 cm³/mol. The van der Waals surface area contributed by atoms with Gasteiger partial charge in [-0.25, -0.2) is 24.1 Å². The number of aromatic nitrogens is 4. The van der Waals surface area contributed by atoms with E-state index in [-0.39, 0.29) is 18.0 Å². The van der Waals surface area contributed by atoms with Crippen LogP contribution in [0.4, 0.5) is 15.0 Å². The van der Waals surface area contributed by atoms with Crippen LogP contribution in [0.15, 0.2) is 36.8 Å². The lowest BCUT2D eigenvalue weighted by atomic mass is 10.0. The third kappa shape index (κ3) is 4.60. The fraction of sp³-hybridized carbons (Fsp3) is 0.455. The Morgan fingerprint density at radius 3 is 2.84 bits per heavy atom. The number of pyridine rings is 1. The first kappa shape index (κ1) is 21.0. The highest BCUT2D eigenvalue weighted by Crippen LogP contribution is 2.24. The SMILES string of the molecule is CN(c1ccnc(-c2cnc3ccc(F)cn23)n1)C1CCCN(C(=O)OC(C)(C)C)C1. The van der Waals surface area contributed by atoms with Crippen molar-refractivity contribution in [1.29, 1.82) is 0 Å². The minimum Gasteiger partial charge on any atom is -0.444 e. The van der Waals surface area contributed by atoms with Crippen molar-refractivity contribution in [3.8, 4) is 11.5 Å². The van der Waals surface area contributed by atoms with Crippen LogP contribution in [0.25, 0.3) is 17.2 Å². The van der Waals surface area contributed by atoms with Crippen LogP contribution in [0.1, 0.15) is 33.6 Å². The second kappa shape index (κ2) is 8.13. The summed E-state index contributed by atoms with van der Waals surface area (Å²) in [7, 11) is 1.96. The molecular formula is C22H27FN6O2. The Morgan fingerprint density at radius 1 is 1.26 bits per heavy atom. The van der Waals surface area contributed by atoms with Crippen LogP contribution in [0.5, 0.6) is 0 Å². The quantitative estimate of drug-likeness (QED) is 0.635. The van der Waals surface area contributed by atoms with E-state index in [0.29, 0.717) is 30.3 Å². The maximum Gasteiger partial charge on any atom is 0.410 e. The van der Waals surface area contributed by atoms with Gasteiger partial charge in [0.25, 0.3) is 0 Å². The Hall–Kier alpha value is -3.23. The van der Waals surface area contributed by atoms with Gasteiger partial charge in [0.05, 0.1) is 6.20 Å². The van der Waals surface area contributed by atoms with Gasteiger partial charge >= 0.3 is 6.09 Å². The largest absolute Gasteiger partial charge is 0.444 e. The van der Waals surface area contributed by atoms with Gasteiger partial charge in [-0.1, -0.05) is 0 Å². The lowest BCUT2D eigenvalue weighted by Gasteiger charge is -2.38. The van der Waals surface area contributed by atoms with E-state index in [1.165, 1.54) is 12.3 Å². The predicted octanol–water partition coefficient (Wildman–Crippen LogP) is 3.77. The van der Waals surface area contributed by atoms with Gasteiger partial charge < -0.3 is 14.5 Å². The van der Waals surface area contributed by atoms with E-state index in [9.17, 15) is 9.18 Å². The van der Waals surface area contributed by atoms with Crippen molar-refractivity contribution in [2.45, 2.75) is 45.3 Å². The molecule has 31 heavy (non-hydrogen) atoms. The van der Waals surface area contributed by atoms with Crippen LogP contribution in [0.3, 0.4) is 0 Å². The number of hydrogen-bond donors (Lipinski definition) is 0. The number of carbonyl (C=O) groups is 1. The van der Waals surface area contributed by atoms with Crippen LogP contribution in [-0.4, -0.2) is 62.1 Å². The van der Waals surface area contributed by atoms with Crippen LogP contribution < -0.4 is 4.90 Å². The number of likely N-dealkylation sites (N-methyl/N-ethyl adjacent to an activating group) is 1. The van der Waals surface area contributed by atoms with E-state index >= 15 is 0 Å². The molecule has 1 atom stereocenters. The lowest BCUT2D eigenvalue weighted by molar-refractivity contribution is 0.0199. The highest BCUT2D eigenvalue weighted by molar-refractivity contribution is 5.68. The standard InChI is InChI=1S/C22H27FN6O2/c1-22(2,3)31-21(30)28-11-5-6-16(14-28)27(4)19-9-10-24-20(26-19)17-12-25-18-8-7-15(23)13-29(17)18/h7-10,12-13,16H,5-6,11,14H2,1-4H3. The number of amides is 1. The fourth-order valence-electron chi connectivity index (χ4n) is 3.74. The molecule has 4 heterocycles. The molecule has 9 heteroatoms. The number of nitrogens with zero attached hydrogens (tertiary/aromatic N) is 6. The maximum atomic E-state index is 13.7. The van der Waals surface area contributed by atoms with Gasteiger partial charge in [0, 0.05) is 38.6 Å². The molecular weight excluding hydrogens is 399 g/mol. The first-order valence-corrected chi connectivity index (χ1v) is 10.4. The summed E-state index contributed by atoms with van der Waals surface area (Å²) in [5.41, 5.74) is 0.716. The summed E-state index contributed by atoms with van der Waals surface area (Å²) in [6.07, 6.45) is 6.23. The number of hydrogen-bond acceptors (Lipinski definition) is 6. The number of fused-ring (bicyclic) bond motifs is 1. The van der Waals surface area contributed by atoms with Crippen molar-refractivity contribution in [2.24, 2.45) is 0 Å². The van der Waals surface area contributed by atoms with Crippen LogP contribution >= 0.6 is 0 Å². The van der Waals surface area contributed by atoms with Crippen LogP contribution in [0.2, 0.25) is 0 Å². The lowest BCUT2D eigenvalue weighted by Crippen LogP contribution is -2.50. The minimum absolute atomic E-state index is 0.101. The van der Waals surface area contributed by atoms with Crippen molar-refractivity contribution in [3.05, 3.63) is 42.6 Å². The molecule has 1 fully saturated rings. The molecule has 1 unspecified atom stereocenters. The minimum atomic E-state index is -0.523. The Bertz CT molecular complexity index is 1090. The molecule has 1 aliphatic heterocycles. The highest BCUT2D eigenvalue weighted by atomic mass is 19.1. The molecule has 0 aromatic carbocycles. The second-order valence-electron chi connectivity index (χ2n) is 8.79. The molecule has 1 saturated heterocycles. The molecule has 4 rings (SSSR count). The fourth-order valence-corrected chi connectivity index (χ4v) is 3.74. The number of ether oxygens (including phenoxy) is 1. The molecule has 0 bridgehead atoms. The number of piperidine rings is 1. The van der Waals surface area contributed by atoms with Gasteiger partial charge in [0.15, 0.2) is 5.82 Å². The van der Waals surface area contributed by atoms with E-state index in [1.807, 2.05) is 33.9 Å². The smallest absolute Gasteiger partial charge is 0.410 e. The Kier molecular flexibility index (Phi) is 5.51. The zero-order valence-corrected chi connectivity index (χ0v) is 18.2. The van der Waals surface area contributed by atoms with E-state index in [4.69, 9.17) is 9.72 Å². The van der Waals surface area contributed by atoms with Gasteiger partial charge in [-0.05, 0) is 51.8 Å². The molecule has 164 valence electrons. The van der Waals surface area contributed by atoms with E-state index in [2.05, 4.69) is 14.9 Å². The van der Waals surface area contributed by atoms with Crippen LogP contribution in [-0.2, 0) is 4.74 Å². The highest BCUT2D eigenvalue weighted by Gasteiger charge is 2.30. The van der Waals surface area contributed by atoms with Gasteiger partial charge in [-0.2, -0.15) is 0 Å². The summed E-state index contributed by atoms with van der Waals surface area (Å²) >= 11 is 0. The molecule has 8 nitrogen and oxygen atoms in total. The maximum absolute atomic E-state index is 13.7.